The Hall–Kier alpha value is -2.34. The quantitative estimate of drug-likeness (QED) is 0.318. The van der Waals surface area contributed by atoms with E-state index in [1.807, 2.05) is 30.3 Å². The van der Waals surface area contributed by atoms with E-state index in [9.17, 15) is 14.7 Å². The number of aliphatic hydroxyl groups is 1. The predicted molar refractivity (Wildman–Crippen MR) is 109 cm³/mol. The zero-order valence-corrected chi connectivity index (χ0v) is 17.1. The molecule has 2 atom stereocenters. The van der Waals surface area contributed by atoms with Crippen molar-refractivity contribution in [3.8, 4) is 0 Å². The normalized spacial score (nSPS) is 14.3. The van der Waals surface area contributed by atoms with Gasteiger partial charge in [0.25, 0.3) is 0 Å². The summed E-state index contributed by atoms with van der Waals surface area (Å²) in [6.45, 7) is 3.94. The lowest BCUT2D eigenvalue weighted by Gasteiger charge is -2.20. The fourth-order valence-electron chi connectivity index (χ4n) is 2.68. The third-order valence-electron chi connectivity index (χ3n) is 4.38. The van der Waals surface area contributed by atoms with Gasteiger partial charge in [-0.15, -0.1) is 0 Å². The fourth-order valence-corrected chi connectivity index (χ4v) is 2.68. The zero-order valence-electron chi connectivity index (χ0n) is 17.1. The number of nitrogens with one attached hydrogen (secondary N) is 1. The van der Waals surface area contributed by atoms with E-state index in [4.69, 9.17) is 9.47 Å². The second-order valence-electron chi connectivity index (χ2n) is 7.09. The van der Waals surface area contributed by atoms with Crippen molar-refractivity contribution in [2.24, 2.45) is 0 Å². The third-order valence-corrected chi connectivity index (χ3v) is 4.38. The van der Waals surface area contributed by atoms with Crippen LogP contribution in [0.15, 0.2) is 42.5 Å². The van der Waals surface area contributed by atoms with Gasteiger partial charge in [0.2, 0.25) is 0 Å². The molecule has 156 valence electrons. The van der Waals surface area contributed by atoms with E-state index in [0.717, 1.165) is 24.8 Å². The van der Waals surface area contributed by atoms with Crippen LogP contribution < -0.4 is 5.32 Å². The molecule has 6 nitrogen and oxygen atoms in total. The molecule has 0 saturated carbocycles. The molecule has 0 saturated heterocycles. The summed E-state index contributed by atoms with van der Waals surface area (Å²) < 4.78 is 9.86. The molecule has 0 heterocycles. The van der Waals surface area contributed by atoms with Gasteiger partial charge < -0.3 is 19.9 Å². The first-order valence-electron chi connectivity index (χ1n) is 9.84. The first-order valence-corrected chi connectivity index (χ1v) is 9.84. The Kier molecular flexibility index (Phi) is 11.0. The molecule has 1 aromatic carbocycles. The van der Waals surface area contributed by atoms with Crippen LogP contribution in [-0.2, 0) is 20.9 Å². The number of methoxy groups -OCH3 is 1. The van der Waals surface area contributed by atoms with Crippen molar-refractivity contribution in [2.75, 3.05) is 7.11 Å². The zero-order chi connectivity index (χ0) is 20.8. The highest BCUT2D eigenvalue weighted by atomic mass is 16.6. The molecule has 0 aliphatic rings. The van der Waals surface area contributed by atoms with Crippen molar-refractivity contribution < 1.29 is 24.2 Å². The summed E-state index contributed by atoms with van der Waals surface area (Å²) in [7, 11) is 1.24. The Morgan fingerprint density at radius 1 is 1.18 bits per heavy atom. The van der Waals surface area contributed by atoms with Gasteiger partial charge in [-0.2, -0.15) is 0 Å². The SMILES string of the molecule is CCCCCCC[C@](C)(O)/C=C/[C@H](NC(=O)OCc1ccccc1)C(=O)OC. The minimum atomic E-state index is -1.06. The number of benzene rings is 1. The summed E-state index contributed by atoms with van der Waals surface area (Å²) in [5.74, 6) is -0.633. The molecular weight excluding hydrogens is 358 g/mol. The molecular formula is C22H33NO5. The lowest BCUT2D eigenvalue weighted by Crippen LogP contribution is -2.40. The predicted octanol–water partition coefficient (Wildman–Crippen LogP) is 4.12. The molecule has 1 amide bonds. The van der Waals surface area contributed by atoms with Crippen LogP contribution in [0.1, 0.15) is 57.9 Å². The average Bonchev–Trinajstić information content (AvgIpc) is 2.69. The molecule has 1 rings (SSSR count). The smallest absolute Gasteiger partial charge is 0.408 e. The van der Waals surface area contributed by atoms with Gasteiger partial charge in [0.15, 0.2) is 0 Å². The van der Waals surface area contributed by atoms with Gasteiger partial charge in [-0.05, 0) is 18.9 Å². The van der Waals surface area contributed by atoms with E-state index in [2.05, 4.69) is 12.2 Å². The monoisotopic (exact) mass is 391 g/mol. The number of unbranched alkanes of at least 4 members (excludes halogenated alkanes) is 4. The maximum atomic E-state index is 12.0. The van der Waals surface area contributed by atoms with Crippen LogP contribution in [0.25, 0.3) is 0 Å². The van der Waals surface area contributed by atoms with Crippen molar-refractivity contribution in [1.29, 1.82) is 0 Å². The van der Waals surface area contributed by atoms with E-state index >= 15 is 0 Å². The Balaban J connectivity index is 2.55. The van der Waals surface area contributed by atoms with Crippen molar-refractivity contribution in [1.82, 2.24) is 5.32 Å². The second-order valence-corrected chi connectivity index (χ2v) is 7.09. The summed E-state index contributed by atoms with van der Waals surface area (Å²) >= 11 is 0. The average molecular weight is 392 g/mol. The molecule has 0 unspecified atom stereocenters. The Morgan fingerprint density at radius 3 is 2.50 bits per heavy atom. The maximum Gasteiger partial charge on any atom is 0.408 e. The van der Waals surface area contributed by atoms with Crippen LogP contribution >= 0.6 is 0 Å². The van der Waals surface area contributed by atoms with Crippen molar-refractivity contribution in [2.45, 2.75) is 70.6 Å². The van der Waals surface area contributed by atoms with E-state index in [1.54, 1.807) is 6.92 Å². The highest BCUT2D eigenvalue weighted by Gasteiger charge is 2.22. The van der Waals surface area contributed by atoms with Crippen molar-refractivity contribution >= 4 is 12.1 Å². The van der Waals surface area contributed by atoms with Gasteiger partial charge in [0, 0.05) is 0 Å². The molecule has 0 fully saturated rings. The summed E-state index contributed by atoms with van der Waals surface area (Å²) in [6, 6.07) is 8.21. The van der Waals surface area contributed by atoms with E-state index in [-0.39, 0.29) is 6.61 Å². The number of hydrogen-bond acceptors (Lipinski definition) is 5. The van der Waals surface area contributed by atoms with Crippen LogP contribution in [0.5, 0.6) is 0 Å². The van der Waals surface area contributed by atoms with Crippen LogP contribution in [0.3, 0.4) is 0 Å². The minimum Gasteiger partial charge on any atom is -0.467 e. The number of rotatable bonds is 12. The Morgan fingerprint density at radius 2 is 1.86 bits per heavy atom. The third kappa shape index (κ3) is 10.1. The number of alkyl carbamates (subject to hydrolysis) is 1. The van der Waals surface area contributed by atoms with E-state index < -0.39 is 23.7 Å². The molecule has 28 heavy (non-hydrogen) atoms. The van der Waals surface area contributed by atoms with Gasteiger partial charge in [0.1, 0.15) is 12.6 Å². The molecule has 0 radical (unpaired) electrons. The van der Waals surface area contributed by atoms with Crippen LogP contribution in [0.4, 0.5) is 4.79 Å². The Labute approximate surface area is 167 Å². The number of hydrogen-bond donors (Lipinski definition) is 2. The molecule has 0 aliphatic heterocycles. The highest BCUT2D eigenvalue weighted by Crippen LogP contribution is 2.17. The van der Waals surface area contributed by atoms with Gasteiger partial charge in [-0.3, -0.25) is 0 Å². The first-order chi connectivity index (χ1) is 13.4. The number of amides is 1. The summed E-state index contributed by atoms with van der Waals surface area (Å²) in [6.07, 6.45) is 8.29. The standard InChI is InChI=1S/C22H33NO5/c1-4-5-6-7-11-15-22(2,26)16-14-19(20(24)27-3)23-21(25)28-17-18-12-9-8-10-13-18/h8-10,12-14,16,19,26H,4-7,11,15,17H2,1-3H3,(H,23,25)/b16-14+/t19-,22-/m0/s1. The van der Waals surface area contributed by atoms with Crippen molar-refractivity contribution in [3.63, 3.8) is 0 Å². The lowest BCUT2D eigenvalue weighted by molar-refractivity contribution is -0.141. The fraction of sp³-hybridized carbons (Fsp3) is 0.545. The first kappa shape index (κ1) is 23.7. The van der Waals surface area contributed by atoms with Crippen LogP contribution in [-0.4, -0.2) is 35.9 Å². The van der Waals surface area contributed by atoms with Gasteiger partial charge in [0.05, 0.1) is 12.7 Å². The summed E-state index contributed by atoms with van der Waals surface area (Å²) in [4.78, 5) is 24.0. The Bertz CT molecular complexity index is 613. The van der Waals surface area contributed by atoms with E-state index in [0.29, 0.717) is 6.42 Å². The largest absolute Gasteiger partial charge is 0.467 e. The second kappa shape index (κ2) is 12.9. The van der Waals surface area contributed by atoms with Gasteiger partial charge in [-0.25, -0.2) is 9.59 Å². The molecule has 0 aromatic heterocycles. The van der Waals surface area contributed by atoms with Gasteiger partial charge in [-0.1, -0.05) is 81.5 Å². The number of ether oxygens (including phenoxy) is 2. The van der Waals surface area contributed by atoms with Crippen molar-refractivity contribution in [3.05, 3.63) is 48.0 Å². The maximum absolute atomic E-state index is 12.0. The molecule has 1 aromatic rings. The van der Waals surface area contributed by atoms with Crippen LogP contribution in [0, 0.1) is 0 Å². The lowest BCUT2D eigenvalue weighted by atomic mass is 9.96. The summed E-state index contributed by atoms with van der Waals surface area (Å²) in [5.41, 5.74) is -0.220. The van der Waals surface area contributed by atoms with E-state index in [1.165, 1.54) is 32.1 Å². The van der Waals surface area contributed by atoms with Gasteiger partial charge >= 0.3 is 12.1 Å². The minimum absolute atomic E-state index is 0.0970. The molecule has 0 bridgehead atoms. The number of esters is 1. The highest BCUT2D eigenvalue weighted by molar-refractivity contribution is 5.83. The molecule has 6 heteroatoms. The number of carbonyl (C=O) groups is 2. The molecule has 0 aliphatic carbocycles. The summed E-state index contributed by atoms with van der Waals surface area (Å²) in [5, 5.41) is 12.9. The number of carbonyl (C=O) groups excluding carboxylic acids is 2. The molecule has 0 spiro atoms. The molecule has 2 N–H and O–H groups in total. The topological polar surface area (TPSA) is 84.9 Å². The van der Waals surface area contributed by atoms with Crippen LogP contribution in [0.2, 0.25) is 0 Å².